The van der Waals surface area contributed by atoms with Gasteiger partial charge in [0, 0.05) is 33.9 Å². The molecule has 248 valence electrons. The Morgan fingerprint density at radius 3 is 1.51 bits per heavy atom. The summed E-state index contributed by atoms with van der Waals surface area (Å²) in [5, 5.41) is 18.7. The highest BCUT2D eigenvalue weighted by atomic mass is 16.6. The van der Waals surface area contributed by atoms with Crippen molar-refractivity contribution in [2.75, 3.05) is 45.9 Å². The van der Waals surface area contributed by atoms with Crippen LogP contribution in [0.2, 0.25) is 0 Å². The summed E-state index contributed by atoms with van der Waals surface area (Å²) in [6, 6.07) is 20.4. The maximum Gasteiger partial charge on any atom is 0.310 e. The van der Waals surface area contributed by atoms with E-state index in [-0.39, 0.29) is 19.1 Å². The van der Waals surface area contributed by atoms with Gasteiger partial charge in [-0.25, -0.2) is 0 Å². The molecule has 2 aliphatic rings. The highest BCUT2D eigenvalue weighted by Gasteiger charge is 2.21. The zero-order valence-electron chi connectivity index (χ0n) is 28.2. The third-order valence-electron chi connectivity index (χ3n) is 7.74. The molecule has 0 unspecified atom stereocenters. The average Bonchev–Trinajstić information content (AvgIpc) is 3.06. The van der Waals surface area contributed by atoms with Gasteiger partial charge in [0.25, 0.3) is 0 Å². The predicted octanol–water partition coefficient (Wildman–Crippen LogP) is 6.14. The Labute approximate surface area is 270 Å². The summed E-state index contributed by atoms with van der Waals surface area (Å²) in [4.78, 5) is 35.2. The Morgan fingerprint density at radius 1 is 0.689 bits per heavy atom. The van der Waals surface area contributed by atoms with E-state index in [9.17, 15) is 24.6 Å². The van der Waals surface area contributed by atoms with Gasteiger partial charge in [0.05, 0.1) is 13.2 Å². The Morgan fingerprint density at radius 2 is 1.13 bits per heavy atom. The Hall–Kier alpha value is -3.59. The van der Waals surface area contributed by atoms with Gasteiger partial charge in [0.1, 0.15) is 0 Å². The highest BCUT2D eigenvalue weighted by Crippen LogP contribution is 2.31. The first kappa shape index (κ1) is 39.4. The van der Waals surface area contributed by atoms with Crippen LogP contribution in [-0.4, -0.2) is 83.8 Å². The lowest BCUT2D eigenvalue weighted by molar-refractivity contribution is -0.156. The number of amides is 1. The summed E-state index contributed by atoms with van der Waals surface area (Å²) < 4.78 is 3.97. The molecule has 1 amide bonds. The predicted molar refractivity (Wildman–Crippen MR) is 182 cm³/mol. The molecular weight excluding hydrogens is 568 g/mol. The first-order valence-corrected chi connectivity index (χ1v) is 16.0. The van der Waals surface area contributed by atoms with E-state index in [0.717, 1.165) is 36.0 Å². The van der Waals surface area contributed by atoms with Gasteiger partial charge in [-0.05, 0) is 85.2 Å². The van der Waals surface area contributed by atoms with Crippen LogP contribution in [0.3, 0.4) is 0 Å². The standard InChI is InChI=1S/C14H17NO2.C13H16O.C6H15N.C4H6O3/c1-11(17)15-8-7-13(10-16)14(9-15)12-5-3-2-4-6-12;14-10-12-8-4-5-9-13(12)11-6-2-1-3-7-11;1-4-7(5-2)6-3;1-3(5)7-4(2)6/h2-6,16H,7-10H2,1H3;1-3,6-7,14H,4-5,8-10H2;4-6H2,1-3H3;1-2H3. The summed E-state index contributed by atoms with van der Waals surface area (Å²) in [6.45, 7) is 15.7. The number of allylic oxidation sites excluding steroid dienone is 1. The summed E-state index contributed by atoms with van der Waals surface area (Å²) in [6.07, 6.45) is 5.45. The van der Waals surface area contributed by atoms with Gasteiger partial charge in [0.2, 0.25) is 5.91 Å². The monoisotopic (exact) mass is 622 g/mol. The number of carbonyl (C=O) groups is 3. The van der Waals surface area contributed by atoms with E-state index >= 15 is 0 Å². The van der Waals surface area contributed by atoms with Crippen LogP contribution in [0, 0.1) is 0 Å². The summed E-state index contributed by atoms with van der Waals surface area (Å²) in [7, 11) is 0. The smallest absolute Gasteiger partial charge is 0.310 e. The van der Waals surface area contributed by atoms with Crippen molar-refractivity contribution in [2.45, 2.75) is 73.6 Å². The topological polar surface area (TPSA) is 107 Å². The summed E-state index contributed by atoms with van der Waals surface area (Å²) in [5.74, 6) is -1.03. The lowest BCUT2D eigenvalue weighted by atomic mass is 9.88. The van der Waals surface area contributed by atoms with E-state index < -0.39 is 11.9 Å². The van der Waals surface area contributed by atoms with E-state index in [1.54, 1.807) is 6.92 Å². The minimum atomic E-state index is -0.562. The fourth-order valence-corrected chi connectivity index (χ4v) is 5.18. The number of hydrogen-bond donors (Lipinski definition) is 2. The zero-order chi connectivity index (χ0) is 33.6. The number of benzene rings is 2. The van der Waals surface area contributed by atoms with Crippen LogP contribution in [0.5, 0.6) is 0 Å². The van der Waals surface area contributed by atoms with E-state index in [0.29, 0.717) is 13.1 Å². The van der Waals surface area contributed by atoms with Crippen LogP contribution in [0.25, 0.3) is 11.1 Å². The average molecular weight is 623 g/mol. The molecule has 1 aliphatic carbocycles. The third-order valence-corrected chi connectivity index (χ3v) is 7.74. The maximum absolute atomic E-state index is 11.4. The molecule has 0 saturated carbocycles. The van der Waals surface area contributed by atoms with Gasteiger partial charge in [-0.1, -0.05) is 81.4 Å². The molecule has 2 aromatic carbocycles. The van der Waals surface area contributed by atoms with Crippen molar-refractivity contribution in [3.8, 4) is 0 Å². The first-order valence-electron chi connectivity index (χ1n) is 16.0. The Bertz CT molecular complexity index is 1200. The number of ether oxygens (including phenoxy) is 1. The fourth-order valence-electron chi connectivity index (χ4n) is 5.18. The van der Waals surface area contributed by atoms with Gasteiger partial charge >= 0.3 is 11.9 Å². The summed E-state index contributed by atoms with van der Waals surface area (Å²) in [5.41, 5.74) is 7.14. The molecule has 45 heavy (non-hydrogen) atoms. The molecule has 4 rings (SSSR count). The SMILES string of the molecule is CC(=O)N1CCC(CO)=C(c2ccccc2)C1.CC(=O)OC(C)=O.CCN(CC)CC.OCC1=C(c2ccccc2)CCCC1. The number of aliphatic hydroxyl groups is 2. The molecule has 0 spiro atoms. The quantitative estimate of drug-likeness (QED) is 0.282. The van der Waals surface area contributed by atoms with E-state index in [1.807, 2.05) is 41.3 Å². The number of aliphatic hydroxyl groups excluding tert-OH is 2. The first-order chi connectivity index (χ1) is 21.6. The molecule has 8 nitrogen and oxygen atoms in total. The van der Waals surface area contributed by atoms with Crippen molar-refractivity contribution in [1.29, 1.82) is 0 Å². The molecule has 0 bridgehead atoms. The summed E-state index contributed by atoms with van der Waals surface area (Å²) >= 11 is 0. The van der Waals surface area contributed by atoms with E-state index in [4.69, 9.17) is 0 Å². The third kappa shape index (κ3) is 15.3. The Balaban J connectivity index is 0.000000325. The second-order valence-electron chi connectivity index (χ2n) is 10.8. The van der Waals surface area contributed by atoms with Crippen molar-refractivity contribution < 1.29 is 29.3 Å². The molecule has 1 heterocycles. The van der Waals surface area contributed by atoms with Gasteiger partial charge in [-0.3, -0.25) is 14.4 Å². The molecule has 0 atom stereocenters. The van der Waals surface area contributed by atoms with Crippen molar-refractivity contribution in [1.82, 2.24) is 9.80 Å². The molecule has 8 heteroatoms. The molecule has 0 saturated heterocycles. The minimum Gasteiger partial charge on any atom is -0.394 e. The van der Waals surface area contributed by atoms with Crippen LogP contribution in [0.1, 0.15) is 84.8 Å². The zero-order valence-corrected chi connectivity index (χ0v) is 28.2. The second kappa shape index (κ2) is 22.8. The number of carbonyl (C=O) groups excluding carboxylic acids is 3. The van der Waals surface area contributed by atoms with Crippen LogP contribution >= 0.6 is 0 Å². The van der Waals surface area contributed by atoms with Crippen LogP contribution in [-0.2, 0) is 19.1 Å². The lowest BCUT2D eigenvalue weighted by Crippen LogP contribution is -2.35. The van der Waals surface area contributed by atoms with Gasteiger partial charge in [0.15, 0.2) is 0 Å². The van der Waals surface area contributed by atoms with Crippen LogP contribution in [0.15, 0.2) is 71.8 Å². The lowest BCUT2D eigenvalue weighted by Gasteiger charge is -2.30. The van der Waals surface area contributed by atoms with Crippen molar-refractivity contribution >= 4 is 29.0 Å². The van der Waals surface area contributed by atoms with Crippen LogP contribution < -0.4 is 0 Å². The molecule has 0 radical (unpaired) electrons. The van der Waals surface area contributed by atoms with Crippen molar-refractivity contribution in [3.05, 3.63) is 82.9 Å². The highest BCUT2D eigenvalue weighted by molar-refractivity contribution is 5.82. The maximum atomic E-state index is 11.4. The number of rotatable bonds is 7. The molecule has 0 fully saturated rings. The number of nitrogens with zero attached hydrogens (tertiary/aromatic N) is 2. The van der Waals surface area contributed by atoms with E-state index in [1.165, 1.54) is 63.0 Å². The molecule has 0 aromatic heterocycles. The van der Waals surface area contributed by atoms with E-state index in [2.05, 4.69) is 54.7 Å². The van der Waals surface area contributed by atoms with Gasteiger partial charge in [-0.15, -0.1) is 0 Å². The minimum absolute atomic E-state index is 0.0793. The number of hydrogen-bond acceptors (Lipinski definition) is 7. The normalized spacial score (nSPS) is 14.3. The number of esters is 2. The largest absolute Gasteiger partial charge is 0.394 e. The van der Waals surface area contributed by atoms with Crippen molar-refractivity contribution in [2.24, 2.45) is 0 Å². The van der Waals surface area contributed by atoms with Gasteiger partial charge < -0.3 is 24.7 Å². The molecular formula is C37H54N2O6. The molecule has 2 aromatic rings. The fraction of sp³-hybridized carbons (Fsp3) is 0.486. The Kier molecular flexibility index (Phi) is 20.0. The molecule has 2 N–H and O–H groups in total. The van der Waals surface area contributed by atoms with Crippen molar-refractivity contribution in [3.63, 3.8) is 0 Å². The second-order valence-corrected chi connectivity index (χ2v) is 10.8. The van der Waals surface area contributed by atoms with Crippen LogP contribution in [0.4, 0.5) is 0 Å². The van der Waals surface area contributed by atoms with Gasteiger partial charge in [-0.2, -0.15) is 0 Å². The molecule has 1 aliphatic heterocycles.